The van der Waals surface area contributed by atoms with Gasteiger partial charge in [-0.05, 0) is 55.3 Å². The van der Waals surface area contributed by atoms with E-state index in [0.29, 0.717) is 60.6 Å². The van der Waals surface area contributed by atoms with Crippen LogP contribution in [0.3, 0.4) is 0 Å². The summed E-state index contributed by atoms with van der Waals surface area (Å²) >= 11 is 12.0. The van der Waals surface area contributed by atoms with E-state index in [0.717, 1.165) is 16.7 Å². The molecule has 0 bridgehead atoms. The first-order chi connectivity index (χ1) is 16.4. The Labute approximate surface area is 206 Å². The first-order valence-electron chi connectivity index (χ1n) is 11.2. The van der Waals surface area contributed by atoms with Gasteiger partial charge >= 0.3 is 0 Å². The topological polar surface area (TPSA) is 95.8 Å². The number of amides is 2. The average Bonchev–Trinajstić information content (AvgIpc) is 3.24. The number of ether oxygens (including phenoxy) is 1. The molecule has 5 rings (SSSR count). The number of halogens is 2. The maximum Gasteiger partial charge on any atom is 0.277 e. The van der Waals surface area contributed by atoms with Crippen molar-refractivity contribution in [3.8, 4) is 5.75 Å². The normalized spacial score (nSPS) is 18.6. The zero-order chi connectivity index (χ0) is 23.7. The smallest absolute Gasteiger partial charge is 0.277 e. The van der Waals surface area contributed by atoms with Gasteiger partial charge in [0.05, 0.1) is 18.8 Å². The maximum absolute atomic E-state index is 12.7. The van der Waals surface area contributed by atoms with Crippen LogP contribution in [0.15, 0.2) is 46.9 Å². The molecule has 1 saturated heterocycles. The Morgan fingerprint density at radius 2 is 1.79 bits per heavy atom. The summed E-state index contributed by atoms with van der Waals surface area (Å²) < 4.78 is 11.6. The molecule has 1 fully saturated rings. The fourth-order valence-electron chi connectivity index (χ4n) is 4.24. The second-order valence-electron chi connectivity index (χ2n) is 8.48. The van der Waals surface area contributed by atoms with Crippen LogP contribution in [0.5, 0.6) is 5.75 Å². The molecule has 0 radical (unpaired) electrons. The Hall–Kier alpha value is -2.94. The molecule has 10 heteroatoms. The molecule has 178 valence electrons. The molecule has 2 aliphatic rings. The highest BCUT2D eigenvalue weighted by atomic mass is 35.5. The van der Waals surface area contributed by atoms with E-state index in [4.69, 9.17) is 32.4 Å². The van der Waals surface area contributed by atoms with Crippen molar-refractivity contribution in [2.24, 2.45) is 5.92 Å². The monoisotopic (exact) mass is 502 g/mol. The van der Waals surface area contributed by atoms with Gasteiger partial charge in [-0.2, -0.15) is 0 Å². The number of anilines is 1. The van der Waals surface area contributed by atoms with Crippen LogP contribution < -0.4 is 20.8 Å². The van der Waals surface area contributed by atoms with E-state index in [9.17, 15) is 9.59 Å². The molecular formula is C24H24Cl2N4O4. The number of carbonyl (C=O) groups is 2. The molecule has 2 amide bonds. The number of hydrogen-bond acceptors (Lipinski definition) is 6. The molecule has 2 aromatic carbocycles. The summed E-state index contributed by atoms with van der Waals surface area (Å²) in [5.74, 6) is 0.927. The minimum atomic E-state index is -0.645. The van der Waals surface area contributed by atoms with Crippen LogP contribution in [-0.2, 0) is 16.1 Å². The van der Waals surface area contributed by atoms with Gasteiger partial charge in [-0.15, -0.1) is 0 Å². The lowest BCUT2D eigenvalue weighted by atomic mass is 9.97. The van der Waals surface area contributed by atoms with Gasteiger partial charge in [-0.25, -0.2) is 5.01 Å². The van der Waals surface area contributed by atoms with Crippen LogP contribution in [0.2, 0.25) is 10.0 Å². The number of furan rings is 1. The standard InChI is InChI=1S/C24H24Cl2N4O4/c25-16-1-3-20-15(9-16)10-18(33-20)12-28-23(31)14-5-7-30(8-6-14)29-24(32)22-13-27-19-11-17(26)2-4-21(19)34-22/h1-4,9-11,14,22,27H,5-8,12-13H2,(H,28,31)(H,29,32). The van der Waals surface area contributed by atoms with Crippen molar-refractivity contribution in [2.45, 2.75) is 25.5 Å². The third-order valence-electron chi connectivity index (χ3n) is 6.08. The van der Waals surface area contributed by atoms with Gasteiger partial charge in [0.25, 0.3) is 5.91 Å². The number of piperidine rings is 1. The van der Waals surface area contributed by atoms with Gasteiger partial charge in [0.1, 0.15) is 17.1 Å². The minimum Gasteiger partial charge on any atom is -0.476 e. The van der Waals surface area contributed by atoms with E-state index in [2.05, 4.69) is 16.1 Å². The molecule has 3 heterocycles. The van der Waals surface area contributed by atoms with Gasteiger partial charge in [-0.3, -0.25) is 15.0 Å². The number of rotatable bonds is 5. The molecule has 3 aromatic rings. The average molecular weight is 503 g/mol. The van der Waals surface area contributed by atoms with Gasteiger partial charge in [0, 0.05) is 34.4 Å². The van der Waals surface area contributed by atoms with Crippen LogP contribution in [0, 0.1) is 5.92 Å². The lowest BCUT2D eigenvalue weighted by molar-refractivity contribution is -0.134. The summed E-state index contributed by atoms with van der Waals surface area (Å²) in [6.07, 6.45) is 0.647. The third-order valence-corrected chi connectivity index (χ3v) is 6.55. The molecule has 3 N–H and O–H groups in total. The highest BCUT2D eigenvalue weighted by Crippen LogP contribution is 2.31. The fraction of sp³-hybridized carbons (Fsp3) is 0.333. The predicted molar refractivity (Wildman–Crippen MR) is 130 cm³/mol. The Morgan fingerprint density at radius 3 is 2.62 bits per heavy atom. The molecule has 1 unspecified atom stereocenters. The Morgan fingerprint density at radius 1 is 1.03 bits per heavy atom. The second kappa shape index (κ2) is 9.74. The van der Waals surface area contributed by atoms with E-state index in [1.807, 2.05) is 23.2 Å². The summed E-state index contributed by atoms with van der Waals surface area (Å²) in [5, 5.41) is 10.1. The molecule has 0 saturated carbocycles. The molecule has 1 atom stereocenters. The second-order valence-corrected chi connectivity index (χ2v) is 9.35. The number of hydrazine groups is 1. The van der Waals surface area contributed by atoms with E-state index >= 15 is 0 Å². The van der Waals surface area contributed by atoms with Gasteiger partial charge < -0.3 is 19.8 Å². The van der Waals surface area contributed by atoms with E-state index in [1.165, 1.54) is 0 Å². The number of carbonyl (C=O) groups excluding carboxylic acids is 2. The van der Waals surface area contributed by atoms with Crippen molar-refractivity contribution in [3.05, 3.63) is 58.3 Å². The van der Waals surface area contributed by atoms with Crippen LogP contribution in [0.1, 0.15) is 18.6 Å². The summed E-state index contributed by atoms with van der Waals surface area (Å²) in [7, 11) is 0. The third kappa shape index (κ3) is 5.09. The fourth-order valence-corrected chi connectivity index (χ4v) is 4.60. The first kappa shape index (κ1) is 22.8. The zero-order valence-electron chi connectivity index (χ0n) is 18.3. The van der Waals surface area contributed by atoms with Gasteiger partial charge in [-0.1, -0.05) is 23.2 Å². The molecule has 2 aliphatic heterocycles. The summed E-state index contributed by atoms with van der Waals surface area (Å²) in [6, 6.07) is 12.5. The lowest BCUT2D eigenvalue weighted by Gasteiger charge is -2.33. The number of nitrogens with one attached hydrogen (secondary N) is 3. The summed E-state index contributed by atoms with van der Waals surface area (Å²) in [5.41, 5.74) is 4.42. The van der Waals surface area contributed by atoms with Gasteiger partial charge in [0.2, 0.25) is 5.91 Å². The van der Waals surface area contributed by atoms with Crippen LogP contribution in [-0.4, -0.2) is 42.6 Å². The predicted octanol–water partition coefficient (Wildman–Crippen LogP) is 3.97. The lowest BCUT2D eigenvalue weighted by Crippen LogP contribution is -2.54. The first-order valence-corrected chi connectivity index (χ1v) is 11.9. The Kier molecular flexibility index (Phi) is 6.54. The number of nitrogens with zero attached hydrogens (tertiary/aromatic N) is 1. The molecule has 1 aromatic heterocycles. The highest BCUT2D eigenvalue weighted by Gasteiger charge is 2.30. The number of benzene rings is 2. The minimum absolute atomic E-state index is 0.0143. The van der Waals surface area contributed by atoms with Gasteiger partial charge in [0.15, 0.2) is 6.10 Å². The quantitative estimate of drug-likeness (QED) is 0.488. The highest BCUT2D eigenvalue weighted by molar-refractivity contribution is 6.31. The van der Waals surface area contributed by atoms with Crippen LogP contribution >= 0.6 is 23.2 Å². The van der Waals surface area contributed by atoms with Crippen LogP contribution in [0.4, 0.5) is 5.69 Å². The zero-order valence-corrected chi connectivity index (χ0v) is 19.8. The van der Waals surface area contributed by atoms with Crippen LogP contribution in [0.25, 0.3) is 11.0 Å². The molecular weight excluding hydrogens is 479 g/mol. The summed E-state index contributed by atoms with van der Waals surface area (Å²) in [6.45, 7) is 1.84. The number of fused-ring (bicyclic) bond motifs is 2. The van der Waals surface area contributed by atoms with E-state index in [1.54, 1.807) is 24.3 Å². The van der Waals surface area contributed by atoms with Crippen molar-refractivity contribution in [1.29, 1.82) is 0 Å². The molecule has 34 heavy (non-hydrogen) atoms. The Balaban J connectivity index is 1.07. The van der Waals surface area contributed by atoms with E-state index < -0.39 is 6.10 Å². The van der Waals surface area contributed by atoms with Crippen molar-refractivity contribution in [2.75, 3.05) is 25.0 Å². The SMILES string of the molecule is O=C(NCc1cc2cc(Cl)ccc2o1)C1CCN(NC(=O)C2CNc3cc(Cl)ccc3O2)CC1. The largest absolute Gasteiger partial charge is 0.476 e. The van der Waals surface area contributed by atoms with Crippen molar-refractivity contribution >= 4 is 51.7 Å². The van der Waals surface area contributed by atoms with Crippen molar-refractivity contribution in [1.82, 2.24) is 15.8 Å². The Bertz CT molecular complexity index is 1220. The molecule has 0 aliphatic carbocycles. The maximum atomic E-state index is 12.7. The van der Waals surface area contributed by atoms with E-state index in [-0.39, 0.29) is 17.7 Å². The number of hydrogen-bond donors (Lipinski definition) is 3. The summed E-state index contributed by atoms with van der Waals surface area (Å²) in [4.78, 5) is 25.3. The van der Waals surface area contributed by atoms with Crippen molar-refractivity contribution in [3.63, 3.8) is 0 Å². The van der Waals surface area contributed by atoms with Crippen molar-refractivity contribution < 1.29 is 18.7 Å². The molecule has 0 spiro atoms. The molecule has 8 nitrogen and oxygen atoms in total.